The second-order valence-electron chi connectivity index (χ2n) is 2.66. The molecule has 3 N–H and O–H groups in total. The first-order valence-corrected chi connectivity index (χ1v) is 4.55. The summed E-state index contributed by atoms with van der Waals surface area (Å²) in [5, 5.41) is 3.98. The van der Waals surface area contributed by atoms with E-state index in [1.165, 1.54) is 11.5 Å². The summed E-state index contributed by atoms with van der Waals surface area (Å²) in [7, 11) is 0. The van der Waals surface area contributed by atoms with Crippen LogP contribution in [0.4, 0.5) is 11.1 Å². The van der Waals surface area contributed by atoms with Gasteiger partial charge in [0.1, 0.15) is 0 Å². The molecule has 1 unspecified atom stereocenters. The van der Waals surface area contributed by atoms with E-state index < -0.39 is 0 Å². The number of ether oxygens (including phenoxy) is 1. The van der Waals surface area contributed by atoms with E-state index in [-0.39, 0.29) is 0 Å². The molecule has 1 fully saturated rings. The van der Waals surface area contributed by atoms with Crippen LogP contribution in [0.25, 0.3) is 0 Å². The normalized spacial score (nSPS) is 22.8. The first-order chi connectivity index (χ1) is 5.84. The van der Waals surface area contributed by atoms with Gasteiger partial charge in [0.2, 0.25) is 11.1 Å². The first kappa shape index (κ1) is 7.75. The minimum absolute atomic E-state index is 0.335. The first-order valence-electron chi connectivity index (χ1n) is 3.78. The maximum atomic E-state index is 5.37. The van der Waals surface area contributed by atoms with E-state index in [4.69, 9.17) is 10.5 Å². The average Bonchev–Trinajstić information content (AvgIpc) is 2.63. The fourth-order valence-corrected chi connectivity index (χ4v) is 1.69. The standard InChI is InChI=1S/C6H10N4OS/c7-5-9-6(12-10-5)8-4-1-2-11-3-4/h4H,1-3H2,(H3,7,8,9,10). The van der Waals surface area contributed by atoms with Crippen molar-refractivity contribution in [2.75, 3.05) is 24.3 Å². The monoisotopic (exact) mass is 186 g/mol. The van der Waals surface area contributed by atoms with Gasteiger partial charge in [-0.05, 0) is 6.42 Å². The molecule has 1 saturated heterocycles. The van der Waals surface area contributed by atoms with Gasteiger partial charge in [0, 0.05) is 18.1 Å². The number of aromatic nitrogens is 2. The van der Waals surface area contributed by atoms with Gasteiger partial charge in [-0.3, -0.25) is 0 Å². The minimum Gasteiger partial charge on any atom is -0.379 e. The van der Waals surface area contributed by atoms with Crippen molar-refractivity contribution in [1.29, 1.82) is 0 Å². The third-order valence-electron chi connectivity index (χ3n) is 1.70. The summed E-state index contributed by atoms with van der Waals surface area (Å²) < 4.78 is 9.06. The van der Waals surface area contributed by atoms with Crippen molar-refractivity contribution < 1.29 is 4.74 Å². The van der Waals surface area contributed by atoms with Crippen LogP contribution in [-0.2, 0) is 4.74 Å². The highest BCUT2D eigenvalue weighted by atomic mass is 32.1. The highest BCUT2D eigenvalue weighted by Crippen LogP contribution is 2.16. The molecule has 0 aliphatic carbocycles. The van der Waals surface area contributed by atoms with Gasteiger partial charge in [-0.1, -0.05) is 0 Å². The smallest absolute Gasteiger partial charge is 0.233 e. The summed E-state index contributed by atoms with van der Waals surface area (Å²) in [5.74, 6) is 0.335. The maximum absolute atomic E-state index is 5.37. The molecule has 0 saturated carbocycles. The molecule has 0 radical (unpaired) electrons. The Balaban J connectivity index is 1.94. The Labute approximate surface area is 74.1 Å². The van der Waals surface area contributed by atoms with Gasteiger partial charge < -0.3 is 15.8 Å². The number of nitrogens with one attached hydrogen (secondary N) is 1. The van der Waals surface area contributed by atoms with E-state index in [1.54, 1.807) is 0 Å². The molecule has 0 bridgehead atoms. The van der Waals surface area contributed by atoms with Crippen molar-refractivity contribution in [3.8, 4) is 0 Å². The van der Waals surface area contributed by atoms with Gasteiger partial charge in [0.05, 0.1) is 12.6 Å². The Morgan fingerprint density at radius 3 is 3.17 bits per heavy atom. The van der Waals surface area contributed by atoms with E-state index >= 15 is 0 Å². The van der Waals surface area contributed by atoms with Gasteiger partial charge in [-0.25, -0.2) is 0 Å². The number of hydrogen-bond acceptors (Lipinski definition) is 6. The Bertz CT molecular complexity index is 258. The lowest BCUT2D eigenvalue weighted by atomic mass is 10.3. The molecule has 1 aliphatic rings. The van der Waals surface area contributed by atoms with Crippen molar-refractivity contribution >= 4 is 22.6 Å². The summed E-state index contributed by atoms with van der Waals surface area (Å²) in [5.41, 5.74) is 5.37. The molecule has 0 aromatic carbocycles. The molecular formula is C6H10N4OS. The summed E-state index contributed by atoms with van der Waals surface area (Å²) in [6.07, 6.45) is 1.03. The summed E-state index contributed by atoms with van der Waals surface area (Å²) in [4.78, 5) is 3.99. The molecule has 0 spiro atoms. The topological polar surface area (TPSA) is 73.1 Å². The molecule has 1 aromatic rings. The van der Waals surface area contributed by atoms with Crippen LogP contribution >= 0.6 is 11.5 Å². The predicted molar refractivity (Wildman–Crippen MR) is 47.2 cm³/mol. The molecule has 2 heterocycles. The lowest BCUT2D eigenvalue weighted by molar-refractivity contribution is 0.195. The van der Waals surface area contributed by atoms with Gasteiger partial charge in [-0.2, -0.15) is 9.36 Å². The van der Waals surface area contributed by atoms with E-state index in [2.05, 4.69) is 14.7 Å². The van der Waals surface area contributed by atoms with Gasteiger partial charge >= 0.3 is 0 Å². The SMILES string of the molecule is Nc1nsc(NC2CCOC2)n1. The van der Waals surface area contributed by atoms with E-state index in [1.807, 2.05) is 0 Å². The molecule has 1 aromatic heterocycles. The third kappa shape index (κ3) is 1.64. The highest BCUT2D eigenvalue weighted by Gasteiger charge is 2.16. The molecule has 1 aliphatic heterocycles. The van der Waals surface area contributed by atoms with Crippen LogP contribution in [0, 0.1) is 0 Å². The molecule has 1 atom stereocenters. The fraction of sp³-hybridized carbons (Fsp3) is 0.667. The van der Waals surface area contributed by atoms with Crippen LogP contribution in [0.5, 0.6) is 0 Å². The predicted octanol–water partition coefficient (Wildman–Crippen LogP) is 0.321. The van der Waals surface area contributed by atoms with Gasteiger partial charge in [-0.15, -0.1) is 0 Å². The van der Waals surface area contributed by atoms with Gasteiger partial charge in [0.25, 0.3) is 0 Å². The van der Waals surface area contributed by atoms with Crippen LogP contribution < -0.4 is 11.1 Å². The second-order valence-corrected chi connectivity index (χ2v) is 3.41. The van der Waals surface area contributed by atoms with Crippen molar-refractivity contribution in [1.82, 2.24) is 9.36 Å². The van der Waals surface area contributed by atoms with E-state index in [9.17, 15) is 0 Å². The lowest BCUT2D eigenvalue weighted by Gasteiger charge is -2.06. The molecule has 12 heavy (non-hydrogen) atoms. The van der Waals surface area contributed by atoms with Crippen LogP contribution in [0.15, 0.2) is 0 Å². The Morgan fingerprint density at radius 1 is 1.67 bits per heavy atom. The number of nitrogens with two attached hydrogens (primary N) is 1. The zero-order valence-electron chi connectivity index (χ0n) is 6.49. The van der Waals surface area contributed by atoms with E-state index in [0.717, 1.165) is 24.8 Å². The molecule has 66 valence electrons. The van der Waals surface area contributed by atoms with Crippen LogP contribution in [-0.4, -0.2) is 28.6 Å². The fourth-order valence-electron chi connectivity index (χ4n) is 1.12. The maximum Gasteiger partial charge on any atom is 0.233 e. The Hall–Kier alpha value is -0.880. The lowest BCUT2D eigenvalue weighted by Crippen LogP contribution is -2.18. The Kier molecular flexibility index (Phi) is 2.09. The molecular weight excluding hydrogens is 176 g/mol. The molecule has 0 amide bonds. The number of nitrogen functional groups attached to an aromatic ring is 1. The quantitative estimate of drug-likeness (QED) is 0.696. The summed E-state index contributed by atoms with van der Waals surface area (Å²) >= 11 is 1.28. The van der Waals surface area contributed by atoms with Crippen molar-refractivity contribution in [3.63, 3.8) is 0 Å². The van der Waals surface area contributed by atoms with Gasteiger partial charge in [0.15, 0.2) is 0 Å². The number of anilines is 2. The van der Waals surface area contributed by atoms with Crippen molar-refractivity contribution in [2.24, 2.45) is 0 Å². The zero-order valence-corrected chi connectivity index (χ0v) is 7.30. The molecule has 6 heteroatoms. The largest absolute Gasteiger partial charge is 0.379 e. The summed E-state index contributed by atoms with van der Waals surface area (Å²) in [6, 6.07) is 0.373. The van der Waals surface area contributed by atoms with Crippen molar-refractivity contribution in [3.05, 3.63) is 0 Å². The van der Waals surface area contributed by atoms with Crippen LogP contribution in [0.3, 0.4) is 0 Å². The average molecular weight is 186 g/mol. The number of hydrogen-bond donors (Lipinski definition) is 2. The minimum atomic E-state index is 0.335. The number of nitrogens with zero attached hydrogens (tertiary/aromatic N) is 2. The van der Waals surface area contributed by atoms with Crippen LogP contribution in [0.1, 0.15) is 6.42 Å². The second kappa shape index (κ2) is 3.24. The third-order valence-corrected chi connectivity index (χ3v) is 2.36. The van der Waals surface area contributed by atoms with E-state index in [0.29, 0.717) is 12.0 Å². The van der Waals surface area contributed by atoms with Crippen molar-refractivity contribution in [2.45, 2.75) is 12.5 Å². The van der Waals surface area contributed by atoms with Crippen LogP contribution in [0.2, 0.25) is 0 Å². The molecule has 2 rings (SSSR count). The Morgan fingerprint density at radius 2 is 2.58 bits per heavy atom. The number of rotatable bonds is 2. The zero-order chi connectivity index (χ0) is 8.39. The molecule has 5 nitrogen and oxygen atoms in total. The highest BCUT2D eigenvalue weighted by molar-refractivity contribution is 7.09. The summed E-state index contributed by atoms with van der Waals surface area (Å²) in [6.45, 7) is 1.57.